The van der Waals surface area contributed by atoms with Crippen LogP contribution in [0.1, 0.15) is 17.9 Å². The molecule has 0 spiro atoms. The summed E-state index contributed by atoms with van der Waals surface area (Å²) in [6, 6.07) is 3.13. The van der Waals surface area contributed by atoms with E-state index < -0.39 is 0 Å². The number of phenols is 1. The molecular formula is C14H14Cl2N2O2. The minimum absolute atomic E-state index is 0.0276. The molecule has 1 atom stereocenters. The van der Waals surface area contributed by atoms with Gasteiger partial charge in [-0.3, -0.25) is 4.79 Å². The highest BCUT2D eigenvalue weighted by molar-refractivity contribution is 6.42. The summed E-state index contributed by atoms with van der Waals surface area (Å²) in [6.45, 7) is 1.67. The average Bonchev–Trinajstić information content (AvgIpc) is 2.44. The monoisotopic (exact) mass is 312 g/mol. The second-order valence-corrected chi connectivity index (χ2v) is 5.78. The number of benzene rings is 1. The fraction of sp³-hybridized carbons (Fsp3) is 0.357. The van der Waals surface area contributed by atoms with Crippen molar-refractivity contribution in [2.75, 3.05) is 19.6 Å². The van der Waals surface area contributed by atoms with Crippen LogP contribution in [0.5, 0.6) is 5.75 Å². The van der Waals surface area contributed by atoms with E-state index in [1.165, 1.54) is 0 Å². The van der Waals surface area contributed by atoms with Gasteiger partial charge in [0.05, 0.1) is 16.6 Å². The third kappa shape index (κ3) is 2.28. The molecule has 0 saturated carbocycles. The quantitative estimate of drug-likeness (QED) is 0.837. The minimum Gasteiger partial charge on any atom is -0.508 e. The topological polar surface area (TPSA) is 52.6 Å². The lowest BCUT2D eigenvalue weighted by atomic mass is 9.90. The molecule has 4 nitrogen and oxygen atoms in total. The Kier molecular flexibility index (Phi) is 3.63. The lowest BCUT2D eigenvalue weighted by Crippen LogP contribution is -2.48. The van der Waals surface area contributed by atoms with Crippen LogP contribution in [-0.2, 0) is 4.79 Å². The number of amides is 1. The first-order chi connectivity index (χ1) is 9.58. The normalized spacial score (nSPS) is 22.5. The third-order valence-corrected chi connectivity index (χ3v) is 4.59. The molecular weight excluding hydrogens is 299 g/mol. The van der Waals surface area contributed by atoms with E-state index in [4.69, 9.17) is 23.2 Å². The molecule has 2 N–H and O–H groups in total. The molecule has 1 aromatic carbocycles. The fourth-order valence-electron chi connectivity index (χ4n) is 2.79. The van der Waals surface area contributed by atoms with Crippen molar-refractivity contribution in [3.63, 3.8) is 0 Å². The predicted octanol–water partition coefficient (Wildman–Crippen LogP) is 2.50. The van der Waals surface area contributed by atoms with Gasteiger partial charge in [-0.1, -0.05) is 29.3 Å². The number of nitrogens with zero attached hydrogens (tertiary/aromatic N) is 1. The van der Waals surface area contributed by atoms with Crippen molar-refractivity contribution in [2.45, 2.75) is 12.3 Å². The van der Waals surface area contributed by atoms with Crippen LogP contribution in [0.15, 0.2) is 23.9 Å². The predicted molar refractivity (Wildman–Crippen MR) is 78.2 cm³/mol. The van der Waals surface area contributed by atoms with E-state index in [1.807, 2.05) is 6.08 Å². The summed E-state index contributed by atoms with van der Waals surface area (Å²) in [4.78, 5) is 13.6. The van der Waals surface area contributed by atoms with Crippen LogP contribution in [0.3, 0.4) is 0 Å². The van der Waals surface area contributed by atoms with Gasteiger partial charge in [0.1, 0.15) is 5.75 Å². The molecule has 20 heavy (non-hydrogen) atoms. The van der Waals surface area contributed by atoms with E-state index in [9.17, 15) is 9.90 Å². The number of hydrogen-bond donors (Lipinski definition) is 2. The van der Waals surface area contributed by atoms with Crippen LogP contribution in [0, 0.1) is 0 Å². The van der Waals surface area contributed by atoms with E-state index in [0.29, 0.717) is 35.2 Å². The van der Waals surface area contributed by atoms with Gasteiger partial charge < -0.3 is 15.3 Å². The number of hydrogen-bond acceptors (Lipinski definition) is 3. The summed E-state index contributed by atoms with van der Waals surface area (Å²) in [6.07, 6.45) is 2.72. The van der Waals surface area contributed by atoms with Gasteiger partial charge in [0.15, 0.2) is 0 Å². The van der Waals surface area contributed by atoms with Gasteiger partial charge in [0, 0.05) is 30.3 Å². The largest absolute Gasteiger partial charge is 0.508 e. The Balaban J connectivity index is 1.99. The van der Waals surface area contributed by atoms with Crippen LogP contribution >= 0.6 is 23.2 Å². The van der Waals surface area contributed by atoms with Gasteiger partial charge in [0.2, 0.25) is 5.91 Å². The molecule has 2 aliphatic rings. The SMILES string of the molecule is O=C1CNCC2=C[C@@H](c3c(O)ccc(Cl)c3Cl)CCN12. The maximum Gasteiger partial charge on any atom is 0.240 e. The van der Waals surface area contributed by atoms with Gasteiger partial charge >= 0.3 is 0 Å². The first-order valence-corrected chi connectivity index (χ1v) is 7.22. The number of allylic oxidation sites excluding steroid dienone is 1. The second-order valence-electron chi connectivity index (χ2n) is 5.00. The Bertz CT molecular complexity index is 601. The number of rotatable bonds is 1. The molecule has 0 bridgehead atoms. The lowest BCUT2D eigenvalue weighted by Gasteiger charge is -2.36. The number of piperazine rings is 1. The summed E-state index contributed by atoms with van der Waals surface area (Å²) in [5, 5.41) is 13.9. The Hall–Kier alpha value is -1.23. The number of carbonyl (C=O) groups is 1. The molecule has 1 fully saturated rings. The second kappa shape index (κ2) is 5.28. The smallest absolute Gasteiger partial charge is 0.240 e. The summed E-state index contributed by atoms with van der Waals surface area (Å²) in [7, 11) is 0. The number of aromatic hydroxyl groups is 1. The van der Waals surface area contributed by atoms with Crippen LogP contribution in [0.25, 0.3) is 0 Å². The summed E-state index contributed by atoms with van der Waals surface area (Å²) in [5.74, 6) is 0.201. The maximum atomic E-state index is 11.8. The van der Waals surface area contributed by atoms with Gasteiger partial charge in [-0.15, -0.1) is 0 Å². The Labute approximate surface area is 127 Å². The molecule has 2 heterocycles. The third-order valence-electron chi connectivity index (χ3n) is 3.77. The van der Waals surface area contributed by atoms with Crippen molar-refractivity contribution in [1.82, 2.24) is 10.2 Å². The standard InChI is InChI=1S/C14H14Cl2N2O2/c15-10-1-2-11(19)13(14(10)16)8-3-4-18-9(5-8)6-17-7-12(18)20/h1-2,5,8,17,19H,3-4,6-7H2/t8-/m0/s1. The summed E-state index contributed by atoms with van der Waals surface area (Å²) >= 11 is 12.2. The number of nitrogens with one attached hydrogen (secondary N) is 1. The van der Waals surface area contributed by atoms with Crippen molar-refractivity contribution in [3.8, 4) is 5.75 Å². The molecule has 1 aromatic rings. The van der Waals surface area contributed by atoms with Crippen molar-refractivity contribution in [3.05, 3.63) is 39.5 Å². The molecule has 0 unspecified atom stereocenters. The van der Waals surface area contributed by atoms with Crippen molar-refractivity contribution in [2.24, 2.45) is 0 Å². The summed E-state index contributed by atoms with van der Waals surface area (Å²) in [5.41, 5.74) is 1.58. The van der Waals surface area contributed by atoms with Gasteiger partial charge in [0.25, 0.3) is 0 Å². The highest BCUT2D eigenvalue weighted by Gasteiger charge is 2.30. The molecule has 106 valence electrons. The van der Waals surface area contributed by atoms with Crippen molar-refractivity contribution in [1.29, 1.82) is 0 Å². The first kappa shape index (κ1) is 13.7. The van der Waals surface area contributed by atoms with Gasteiger partial charge in [-0.25, -0.2) is 0 Å². The highest BCUT2D eigenvalue weighted by atomic mass is 35.5. The highest BCUT2D eigenvalue weighted by Crippen LogP contribution is 2.41. The number of phenolic OH excluding ortho intramolecular Hbond substituents is 1. The van der Waals surface area contributed by atoms with E-state index in [-0.39, 0.29) is 17.6 Å². The Morgan fingerprint density at radius 3 is 2.90 bits per heavy atom. The van der Waals surface area contributed by atoms with Crippen LogP contribution < -0.4 is 5.32 Å². The van der Waals surface area contributed by atoms with Crippen LogP contribution in [-0.4, -0.2) is 35.5 Å². The van der Waals surface area contributed by atoms with Crippen LogP contribution in [0.4, 0.5) is 0 Å². The first-order valence-electron chi connectivity index (χ1n) is 6.46. The zero-order chi connectivity index (χ0) is 14.3. The number of carbonyl (C=O) groups excluding carboxylic acids is 1. The summed E-state index contributed by atoms with van der Waals surface area (Å²) < 4.78 is 0. The Morgan fingerprint density at radius 1 is 1.30 bits per heavy atom. The zero-order valence-electron chi connectivity index (χ0n) is 10.7. The molecule has 0 radical (unpaired) electrons. The van der Waals surface area contributed by atoms with Gasteiger partial charge in [-0.05, 0) is 18.6 Å². The van der Waals surface area contributed by atoms with Crippen molar-refractivity contribution < 1.29 is 9.90 Å². The number of halogens is 2. The lowest BCUT2D eigenvalue weighted by molar-refractivity contribution is -0.130. The molecule has 0 aliphatic carbocycles. The average molecular weight is 313 g/mol. The molecule has 1 saturated heterocycles. The minimum atomic E-state index is -0.0276. The zero-order valence-corrected chi connectivity index (χ0v) is 12.2. The molecule has 6 heteroatoms. The van der Waals surface area contributed by atoms with E-state index in [1.54, 1.807) is 17.0 Å². The Morgan fingerprint density at radius 2 is 2.10 bits per heavy atom. The fourth-order valence-corrected chi connectivity index (χ4v) is 3.25. The van der Waals surface area contributed by atoms with Crippen LogP contribution in [0.2, 0.25) is 10.0 Å². The van der Waals surface area contributed by atoms with E-state index in [2.05, 4.69) is 5.32 Å². The maximum absolute atomic E-state index is 11.8. The molecule has 0 aromatic heterocycles. The van der Waals surface area contributed by atoms with E-state index >= 15 is 0 Å². The molecule has 1 amide bonds. The van der Waals surface area contributed by atoms with Crippen molar-refractivity contribution >= 4 is 29.1 Å². The molecule has 2 aliphatic heterocycles. The number of fused-ring (bicyclic) bond motifs is 1. The molecule has 3 rings (SSSR count). The van der Waals surface area contributed by atoms with E-state index in [0.717, 1.165) is 12.1 Å². The van der Waals surface area contributed by atoms with Gasteiger partial charge in [-0.2, -0.15) is 0 Å².